The van der Waals surface area contributed by atoms with Crippen molar-refractivity contribution in [1.29, 1.82) is 5.26 Å². The lowest BCUT2D eigenvalue weighted by Crippen LogP contribution is -2.32. The van der Waals surface area contributed by atoms with Crippen molar-refractivity contribution in [2.75, 3.05) is 7.11 Å². The van der Waals surface area contributed by atoms with Crippen LogP contribution >= 0.6 is 0 Å². The van der Waals surface area contributed by atoms with Crippen molar-refractivity contribution in [2.24, 2.45) is 11.8 Å². The van der Waals surface area contributed by atoms with Crippen LogP contribution in [0.15, 0.2) is 18.2 Å². The second-order valence-electron chi connectivity index (χ2n) is 5.74. The molecule has 0 bridgehead atoms. The van der Waals surface area contributed by atoms with E-state index in [2.05, 4.69) is 25.2 Å². The Labute approximate surface area is 121 Å². The largest absolute Gasteiger partial charge is 0.495 e. The van der Waals surface area contributed by atoms with Crippen molar-refractivity contribution in [1.82, 2.24) is 5.32 Å². The van der Waals surface area contributed by atoms with E-state index >= 15 is 0 Å². The molecule has 3 nitrogen and oxygen atoms in total. The zero-order valence-corrected chi connectivity index (χ0v) is 12.6. The van der Waals surface area contributed by atoms with E-state index in [1.807, 2.05) is 18.2 Å². The normalized spacial score (nSPS) is 25.4. The van der Waals surface area contributed by atoms with Gasteiger partial charge in [0.15, 0.2) is 0 Å². The monoisotopic (exact) mass is 272 g/mol. The second-order valence-corrected chi connectivity index (χ2v) is 5.74. The summed E-state index contributed by atoms with van der Waals surface area (Å²) in [4.78, 5) is 0. The average molecular weight is 272 g/mol. The Bertz CT molecular complexity index is 492. The number of hydrogen-bond acceptors (Lipinski definition) is 3. The number of ether oxygens (including phenoxy) is 1. The highest BCUT2D eigenvalue weighted by Gasteiger charge is 2.30. The lowest BCUT2D eigenvalue weighted by atomic mass is 9.93. The Hall–Kier alpha value is -1.53. The van der Waals surface area contributed by atoms with E-state index in [9.17, 15) is 0 Å². The zero-order chi connectivity index (χ0) is 14.5. The van der Waals surface area contributed by atoms with Gasteiger partial charge in [-0.3, -0.25) is 0 Å². The fraction of sp³-hybridized carbons (Fsp3) is 0.588. The molecule has 0 radical (unpaired) electrons. The highest BCUT2D eigenvalue weighted by Crippen LogP contribution is 2.34. The van der Waals surface area contributed by atoms with Gasteiger partial charge in [-0.15, -0.1) is 0 Å². The molecular formula is C17H24N2O. The van der Waals surface area contributed by atoms with Crippen LogP contribution in [0.5, 0.6) is 5.75 Å². The molecule has 1 saturated carbocycles. The second kappa shape index (κ2) is 6.76. The third kappa shape index (κ3) is 3.13. The number of nitrogens with one attached hydrogen (secondary N) is 1. The summed E-state index contributed by atoms with van der Waals surface area (Å²) in [5.41, 5.74) is 1.77. The number of methoxy groups -OCH3 is 1. The number of rotatable bonds is 5. The molecule has 2 rings (SSSR count). The van der Waals surface area contributed by atoms with Gasteiger partial charge in [-0.05, 0) is 42.4 Å². The standard InChI is InChI=1S/C17H24N2O/c1-4-14-7-8-16(12(14)2)19-11-13-5-6-15(10-18)17(9-13)20-3/h5-6,9,12,14,16,19H,4,7-8,11H2,1-3H3. The minimum atomic E-state index is 0.594. The van der Waals surface area contributed by atoms with Crippen LogP contribution in [0.4, 0.5) is 0 Å². The summed E-state index contributed by atoms with van der Waals surface area (Å²) >= 11 is 0. The molecular weight excluding hydrogens is 248 g/mol. The summed E-state index contributed by atoms with van der Waals surface area (Å²) in [6.45, 7) is 5.49. The maximum absolute atomic E-state index is 8.99. The summed E-state index contributed by atoms with van der Waals surface area (Å²) in [7, 11) is 1.61. The van der Waals surface area contributed by atoms with Gasteiger partial charge in [0.1, 0.15) is 11.8 Å². The van der Waals surface area contributed by atoms with E-state index < -0.39 is 0 Å². The molecule has 108 valence electrons. The number of nitrogens with zero attached hydrogens (tertiary/aromatic N) is 1. The minimum Gasteiger partial charge on any atom is -0.495 e. The van der Waals surface area contributed by atoms with Gasteiger partial charge >= 0.3 is 0 Å². The molecule has 1 aliphatic carbocycles. The number of benzene rings is 1. The molecule has 0 aromatic heterocycles. The first-order valence-corrected chi connectivity index (χ1v) is 7.50. The molecule has 3 heteroatoms. The van der Waals surface area contributed by atoms with Gasteiger partial charge in [-0.2, -0.15) is 5.26 Å². The molecule has 20 heavy (non-hydrogen) atoms. The Balaban J connectivity index is 1.96. The molecule has 3 atom stereocenters. The summed E-state index contributed by atoms with van der Waals surface area (Å²) in [6, 6.07) is 8.56. The van der Waals surface area contributed by atoms with Crippen LogP contribution in [0.3, 0.4) is 0 Å². The van der Waals surface area contributed by atoms with Crippen molar-refractivity contribution in [2.45, 2.75) is 45.7 Å². The maximum Gasteiger partial charge on any atom is 0.136 e. The molecule has 1 fully saturated rings. The molecule has 1 N–H and O–H groups in total. The first-order valence-electron chi connectivity index (χ1n) is 7.50. The Morgan fingerprint density at radius 1 is 1.40 bits per heavy atom. The van der Waals surface area contributed by atoms with E-state index in [4.69, 9.17) is 10.00 Å². The Morgan fingerprint density at radius 3 is 2.80 bits per heavy atom. The van der Waals surface area contributed by atoms with Gasteiger partial charge in [0.25, 0.3) is 0 Å². The molecule has 0 heterocycles. The van der Waals surface area contributed by atoms with Gasteiger partial charge in [0, 0.05) is 12.6 Å². The Kier molecular flexibility index (Phi) is 5.03. The molecule has 3 unspecified atom stereocenters. The molecule has 0 spiro atoms. The smallest absolute Gasteiger partial charge is 0.136 e. The highest BCUT2D eigenvalue weighted by atomic mass is 16.5. The quantitative estimate of drug-likeness (QED) is 0.892. The van der Waals surface area contributed by atoms with E-state index in [1.54, 1.807) is 7.11 Å². The third-order valence-corrected chi connectivity index (χ3v) is 4.71. The van der Waals surface area contributed by atoms with Crippen molar-refractivity contribution < 1.29 is 4.74 Å². The van der Waals surface area contributed by atoms with Crippen LogP contribution < -0.4 is 10.1 Å². The van der Waals surface area contributed by atoms with Crippen LogP contribution in [0, 0.1) is 23.2 Å². The fourth-order valence-electron chi connectivity index (χ4n) is 3.30. The first kappa shape index (κ1) is 14.9. The van der Waals surface area contributed by atoms with Crippen molar-refractivity contribution in [3.8, 4) is 11.8 Å². The zero-order valence-electron chi connectivity index (χ0n) is 12.6. The van der Waals surface area contributed by atoms with Crippen molar-refractivity contribution in [3.63, 3.8) is 0 Å². The van der Waals surface area contributed by atoms with Gasteiger partial charge in [-0.1, -0.05) is 26.3 Å². The fourth-order valence-corrected chi connectivity index (χ4v) is 3.30. The molecule has 1 aromatic carbocycles. The lowest BCUT2D eigenvalue weighted by Gasteiger charge is -2.21. The first-order chi connectivity index (χ1) is 9.69. The van der Waals surface area contributed by atoms with Crippen LogP contribution in [0.2, 0.25) is 0 Å². The highest BCUT2D eigenvalue weighted by molar-refractivity contribution is 5.45. The summed E-state index contributed by atoms with van der Waals surface area (Å²) in [5, 5.41) is 12.7. The summed E-state index contributed by atoms with van der Waals surface area (Å²) in [5.74, 6) is 2.28. The SMILES string of the molecule is CCC1CCC(NCc2ccc(C#N)c(OC)c2)C1C. The van der Waals surface area contributed by atoms with E-state index in [0.717, 1.165) is 18.4 Å². The van der Waals surface area contributed by atoms with Gasteiger partial charge in [-0.25, -0.2) is 0 Å². The van der Waals surface area contributed by atoms with Crippen molar-refractivity contribution in [3.05, 3.63) is 29.3 Å². The third-order valence-electron chi connectivity index (χ3n) is 4.71. The predicted molar refractivity (Wildman–Crippen MR) is 80.5 cm³/mol. The van der Waals surface area contributed by atoms with Crippen LogP contribution in [0.25, 0.3) is 0 Å². The topological polar surface area (TPSA) is 45.0 Å². The van der Waals surface area contributed by atoms with Gasteiger partial charge < -0.3 is 10.1 Å². The van der Waals surface area contributed by atoms with Crippen LogP contribution in [-0.4, -0.2) is 13.2 Å². The molecule has 1 aliphatic rings. The molecule has 1 aromatic rings. The summed E-state index contributed by atoms with van der Waals surface area (Å²) < 4.78 is 5.25. The number of hydrogen-bond donors (Lipinski definition) is 1. The molecule has 0 saturated heterocycles. The predicted octanol–water partition coefficient (Wildman–Crippen LogP) is 3.48. The Morgan fingerprint density at radius 2 is 2.20 bits per heavy atom. The van der Waals surface area contributed by atoms with Crippen molar-refractivity contribution >= 4 is 0 Å². The van der Waals surface area contributed by atoms with Crippen LogP contribution in [0.1, 0.15) is 44.2 Å². The lowest BCUT2D eigenvalue weighted by molar-refractivity contribution is 0.344. The van der Waals surface area contributed by atoms with Gasteiger partial charge in [0.05, 0.1) is 12.7 Å². The molecule has 0 aliphatic heterocycles. The minimum absolute atomic E-state index is 0.594. The molecule has 0 amide bonds. The van der Waals surface area contributed by atoms with E-state index in [1.165, 1.54) is 24.8 Å². The van der Waals surface area contributed by atoms with E-state index in [-0.39, 0.29) is 0 Å². The van der Waals surface area contributed by atoms with Gasteiger partial charge in [0.2, 0.25) is 0 Å². The maximum atomic E-state index is 8.99. The summed E-state index contributed by atoms with van der Waals surface area (Å²) in [6.07, 6.45) is 3.89. The average Bonchev–Trinajstić information content (AvgIpc) is 2.85. The van der Waals surface area contributed by atoms with E-state index in [0.29, 0.717) is 17.4 Å². The number of nitriles is 1. The van der Waals surface area contributed by atoms with Crippen LogP contribution in [-0.2, 0) is 6.54 Å².